The van der Waals surface area contributed by atoms with Gasteiger partial charge in [0.1, 0.15) is 0 Å². The normalized spacial score (nSPS) is 19.0. The van der Waals surface area contributed by atoms with Crippen molar-refractivity contribution in [3.63, 3.8) is 0 Å². The molecule has 1 aliphatic rings. The lowest BCUT2D eigenvalue weighted by Crippen LogP contribution is -2.27. The Morgan fingerprint density at radius 3 is 2.35 bits per heavy atom. The van der Waals surface area contributed by atoms with Gasteiger partial charge in [0.2, 0.25) is 0 Å². The average Bonchev–Trinajstić information content (AvgIpc) is 2.45. The topological polar surface area (TPSA) is 44.5 Å². The lowest BCUT2D eigenvalue weighted by atomic mass is 10.1. The highest BCUT2D eigenvalue weighted by Crippen LogP contribution is 2.29. The van der Waals surface area contributed by atoms with Crippen molar-refractivity contribution in [1.82, 2.24) is 0 Å². The number of nitrogens with two attached hydrogens (primary N) is 1. The van der Waals surface area contributed by atoms with Gasteiger partial charge in [-0.15, -0.1) is 0 Å². The Balaban J connectivity index is 1.87. The Labute approximate surface area is 115 Å². The first-order valence-corrected chi connectivity index (χ1v) is 6.59. The molecule has 1 fully saturated rings. The van der Waals surface area contributed by atoms with Crippen LogP contribution in [-0.4, -0.2) is 25.9 Å². The van der Waals surface area contributed by atoms with Gasteiger partial charge in [0.15, 0.2) is 0 Å². The van der Waals surface area contributed by atoms with E-state index in [0.717, 1.165) is 25.0 Å². The molecule has 112 valence electrons. The highest BCUT2D eigenvalue weighted by atomic mass is 19.4. The number of hydrogen-bond acceptors (Lipinski definition) is 3. The molecule has 1 unspecified atom stereocenters. The molecule has 1 aromatic rings. The maximum absolute atomic E-state index is 12.4. The van der Waals surface area contributed by atoms with E-state index in [-0.39, 0.29) is 6.10 Å². The van der Waals surface area contributed by atoms with E-state index in [0.29, 0.717) is 25.4 Å². The monoisotopic (exact) mass is 289 g/mol. The van der Waals surface area contributed by atoms with Crippen molar-refractivity contribution in [2.24, 2.45) is 5.73 Å². The molecule has 0 aromatic heterocycles. The molecule has 1 aliphatic heterocycles. The highest BCUT2D eigenvalue weighted by molar-refractivity contribution is 5.26. The molecular weight excluding hydrogens is 271 g/mol. The predicted octanol–water partition coefficient (Wildman–Crippen LogP) is 2.90. The molecule has 3 nitrogen and oxygen atoms in total. The molecule has 0 amide bonds. The van der Waals surface area contributed by atoms with Crippen LogP contribution < -0.4 is 5.73 Å². The molecule has 2 rings (SSSR count). The molecule has 0 aliphatic carbocycles. The van der Waals surface area contributed by atoms with Crippen LogP contribution in [0.3, 0.4) is 0 Å². The smallest absolute Gasteiger partial charge is 0.381 e. The quantitative estimate of drug-likeness (QED) is 0.927. The molecule has 0 bridgehead atoms. The van der Waals surface area contributed by atoms with E-state index < -0.39 is 17.8 Å². The zero-order valence-electron chi connectivity index (χ0n) is 11.0. The van der Waals surface area contributed by atoms with E-state index in [9.17, 15) is 13.2 Å². The first kappa shape index (κ1) is 15.3. The summed E-state index contributed by atoms with van der Waals surface area (Å²) in [6.07, 6.45) is -2.52. The maximum Gasteiger partial charge on any atom is 0.416 e. The van der Waals surface area contributed by atoms with Crippen molar-refractivity contribution < 1.29 is 22.6 Å². The van der Waals surface area contributed by atoms with Gasteiger partial charge in [0, 0.05) is 13.2 Å². The average molecular weight is 289 g/mol. The van der Waals surface area contributed by atoms with Crippen molar-refractivity contribution in [3.05, 3.63) is 35.4 Å². The van der Waals surface area contributed by atoms with Crippen LogP contribution in [0.4, 0.5) is 13.2 Å². The van der Waals surface area contributed by atoms with E-state index in [4.69, 9.17) is 15.2 Å². The van der Waals surface area contributed by atoms with Crippen LogP contribution in [0.25, 0.3) is 0 Å². The lowest BCUT2D eigenvalue weighted by molar-refractivity contribution is -0.137. The third-order valence-electron chi connectivity index (χ3n) is 3.35. The summed E-state index contributed by atoms with van der Waals surface area (Å²) in [6.45, 7) is 1.66. The van der Waals surface area contributed by atoms with Crippen LogP contribution in [0.15, 0.2) is 24.3 Å². The second-order valence-electron chi connectivity index (χ2n) is 4.87. The van der Waals surface area contributed by atoms with Gasteiger partial charge in [-0.3, -0.25) is 0 Å². The van der Waals surface area contributed by atoms with Gasteiger partial charge >= 0.3 is 6.18 Å². The Morgan fingerprint density at radius 2 is 1.80 bits per heavy atom. The van der Waals surface area contributed by atoms with Crippen LogP contribution >= 0.6 is 0 Å². The molecule has 0 saturated carbocycles. The molecule has 6 heteroatoms. The van der Waals surface area contributed by atoms with Gasteiger partial charge in [-0.1, -0.05) is 12.1 Å². The van der Waals surface area contributed by atoms with Gasteiger partial charge in [-0.2, -0.15) is 13.2 Å². The number of benzene rings is 1. The third kappa shape index (κ3) is 4.19. The molecule has 2 N–H and O–H groups in total. The largest absolute Gasteiger partial charge is 0.416 e. The minimum atomic E-state index is -4.32. The molecule has 1 heterocycles. The highest BCUT2D eigenvalue weighted by Gasteiger charge is 2.30. The fourth-order valence-electron chi connectivity index (χ4n) is 2.10. The molecule has 20 heavy (non-hydrogen) atoms. The van der Waals surface area contributed by atoms with Crippen LogP contribution in [-0.2, 0) is 15.7 Å². The lowest BCUT2D eigenvalue weighted by Gasteiger charge is -2.24. The molecule has 1 atom stereocenters. The Hall–Kier alpha value is -1.11. The summed E-state index contributed by atoms with van der Waals surface area (Å²) in [4.78, 5) is 0. The van der Waals surface area contributed by atoms with Crippen LogP contribution in [0.1, 0.15) is 30.0 Å². The van der Waals surface area contributed by atoms with Crippen LogP contribution in [0.5, 0.6) is 0 Å². The van der Waals surface area contributed by atoms with E-state index in [1.54, 1.807) is 0 Å². The van der Waals surface area contributed by atoms with Gasteiger partial charge in [0.25, 0.3) is 0 Å². The second kappa shape index (κ2) is 6.56. The van der Waals surface area contributed by atoms with Gasteiger partial charge in [-0.25, -0.2) is 0 Å². The summed E-state index contributed by atoms with van der Waals surface area (Å²) in [5.41, 5.74) is 5.91. The predicted molar refractivity (Wildman–Crippen MR) is 68.2 cm³/mol. The second-order valence-corrected chi connectivity index (χ2v) is 4.87. The van der Waals surface area contributed by atoms with Gasteiger partial charge in [-0.05, 0) is 30.5 Å². The van der Waals surface area contributed by atoms with Crippen molar-refractivity contribution in [1.29, 1.82) is 0 Å². The van der Waals surface area contributed by atoms with E-state index in [1.807, 2.05) is 0 Å². The summed E-state index contributed by atoms with van der Waals surface area (Å²) in [5, 5.41) is 0. The number of rotatable bonds is 4. The maximum atomic E-state index is 12.4. The van der Waals surface area contributed by atoms with Crippen molar-refractivity contribution in [3.8, 4) is 0 Å². The fourth-order valence-corrected chi connectivity index (χ4v) is 2.10. The first-order chi connectivity index (χ1) is 9.47. The van der Waals surface area contributed by atoms with E-state index >= 15 is 0 Å². The summed E-state index contributed by atoms with van der Waals surface area (Å²) in [7, 11) is 0. The first-order valence-electron chi connectivity index (χ1n) is 6.59. The van der Waals surface area contributed by atoms with Crippen LogP contribution in [0, 0.1) is 0 Å². The van der Waals surface area contributed by atoms with Gasteiger partial charge < -0.3 is 15.2 Å². The summed E-state index contributed by atoms with van der Waals surface area (Å²) < 4.78 is 48.2. The molecule has 0 radical (unpaired) electrons. The summed E-state index contributed by atoms with van der Waals surface area (Å²) >= 11 is 0. The molecule has 1 saturated heterocycles. The zero-order chi connectivity index (χ0) is 14.6. The number of halogens is 3. The standard InChI is InChI=1S/C14H18F3NO2/c15-14(16,17)11-3-1-10(2-4-11)13(18)9-20-12-5-7-19-8-6-12/h1-4,12-13H,5-9,18H2. The molecule has 0 spiro atoms. The Bertz CT molecular complexity index is 413. The molecular formula is C14H18F3NO2. The van der Waals surface area contributed by atoms with Crippen molar-refractivity contribution in [2.45, 2.75) is 31.2 Å². The van der Waals surface area contributed by atoms with Crippen molar-refractivity contribution >= 4 is 0 Å². The van der Waals surface area contributed by atoms with E-state index in [2.05, 4.69) is 0 Å². The van der Waals surface area contributed by atoms with E-state index in [1.165, 1.54) is 12.1 Å². The third-order valence-corrected chi connectivity index (χ3v) is 3.35. The number of hydrogen-bond donors (Lipinski definition) is 1. The number of alkyl halides is 3. The summed E-state index contributed by atoms with van der Waals surface area (Å²) in [5.74, 6) is 0. The Kier molecular flexibility index (Phi) is 5.01. The van der Waals surface area contributed by atoms with Crippen molar-refractivity contribution in [2.75, 3.05) is 19.8 Å². The fraction of sp³-hybridized carbons (Fsp3) is 0.571. The van der Waals surface area contributed by atoms with Gasteiger partial charge in [0.05, 0.1) is 24.3 Å². The minimum Gasteiger partial charge on any atom is -0.381 e. The zero-order valence-corrected chi connectivity index (χ0v) is 11.0. The minimum absolute atomic E-state index is 0.129. The molecule has 1 aromatic carbocycles. The number of ether oxygens (including phenoxy) is 2. The SMILES string of the molecule is NC(COC1CCOCC1)c1ccc(C(F)(F)F)cc1. The summed E-state index contributed by atoms with van der Waals surface area (Å²) in [6, 6.07) is 4.48. The van der Waals surface area contributed by atoms with Crippen LogP contribution in [0.2, 0.25) is 0 Å². The Morgan fingerprint density at radius 1 is 1.20 bits per heavy atom.